The minimum absolute atomic E-state index is 0.0338. The molecule has 100 valence electrons. The molecule has 1 N–H and O–H groups in total. The van der Waals surface area contributed by atoms with Crippen molar-refractivity contribution in [1.82, 2.24) is 19.5 Å². The van der Waals surface area contributed by atoms with Gasteiger partial charge in [0.15, 0.2) is 10.8 Å². The highest BCUT2D eigenvalue weighted by atomic mass is 35.5. The molecule has 0 aliphatic rings. The average Bonchev–Trinajstić information content (AvgIpc) is 2.76. The topological polar surface area (TPSA) is 107 Å². The molecule has 0 saturated heterocycles. The number of rotatable bonds is 2. The molecule has 0 amide bonds. The van der Waals surface area contributed by atoms with Gasteiger partial charge in [0.25, 0.3) is 5.69 Å². The Labute approximate surface area is 115 Å². The Morgan fingerprint density at radius 2 is 2.05 bits per heavy atom. The Morgan fingerprint density at radius 3 is 2.80 bits per heavy atom. The van der Waals surface area contributed by atoms with Crippen molar-refractivity contribution in [3.05, 3.63) is 56.3 Å². The number of imidazole rings is 1. The molecule has 2 heterocycles. The molecule has 0 unspecified atom stereocenters. The van der Waals surface area contributed by atoms with Crippen molar-refractivity contribution in [1.29, 1.82) is 0 Å². The highest BCUT2D eigenvalue weighted by molar-refractivity contribution is 6.33. The van der Waals surface area contributed by atoms with Gasteiger partial charge in [-0.05, 0) is 6.07 Å². The van der Waals surface area contributed by atoms with E-state index in [1.165, 1.54) is 24.5 Å². The van der Waals surface area contributed by atoms with E-state index in [4.69, 9.17) is 11.6 Å². The number of benzene rings is 1. The highest BCUT2D eigenvalue weighted by Crippen LogP contribution is 2.26. The van der Waals surface area contributed by atoms with Gasteiger partial charge in [-0.1, -0.05) is 23.7 Å². The van der Waals surface area contributed by atoms with E-state index in [0.717, 1.165) is 4.57 Å². The Morgan fingerprint density at radius 1 is 1.30 bits per heavy atom. The molecule has 20 heavy (non-hydrogen) atoms. The number of para-hydroxylation sites is 2. The number of nitro benzene ring substituents is 1. The molecule has 0 aliphatic carbocycles. The molecule has 1 aromatic carbocycles. The summed E-state index contributed by atoms with van der Waals surface area (Å²) in [5, 5.41) is 11.1. The predicted octanol–water partition coefficient (Wildman–Crippen LogP) is 1.67. The summed E-state index contributed by atoms with van der Waals surface area (Å²) < 4.78 is 1.09. The number of hydrogen-bond donors (Lipinski definition) is 1. The number of halogens is 1. The molecule has 0 fully saturated rings. The first-order chi connectivity index (χ1) is 9.59. The van der Waals surface area contributed by atoms with E-state index >= 15 is 0 Å². The first-order valence-electron chi connectivity index (χ1n) is 5.44. The van der Waals surface area contributed by atoms with Crippen molar-refractivity contribution in [3.8, 4) is 5.69 Å². The SMILES string of the molecule is O=c1[nH]c2ncnc(Cl)c2n1-c1ccccc1[N+](=O)[O-]. The van der Waals surface area contributed by atoms with Gasteiger partial charge in [0.2, 0.25) is 0 Å². The summed E-state index contributed by atoms with van der Waals surface area (Å²) in [6.45, 7) is 0. The largest absolute Gasteiger partial charge is 0.332 e. The molecular formula is C11H6ClN5O3. The van der Waals surface area contributed by atoms with E-state index in [9.17, 15) is 14.9 Å². The number of fused-ring (bicyclic) bond motifs is 1. The van der Waals surface area contributed by atoms with Crippen molar-refractivity contribution in [3.63, 3.8) is 0 Å². The third-order valence-corrected chi connectivity index (χ3v) is 3.03. The van der Waals surface area contributed by atoms with Crippen LogP contribution in [0.3, 0.4) is 0 Å². The van der Waals surface area contributed by atoms with Crippen LogP contribution in [0.4, 0.5) is 5.69 Å². The van der Waals surface area contributed by atoms with Crippen molar-refractivity contribution >= 4 is 28.5 Å². The first-order valence-corrected chi connectivity index (χ1v) is 5.82. The summed E-state index contributed by atoms with van der Waals surface area (Å²) in [5.41, 5.74) is -0.265. The third-order valence-electron chi connectivity index (χ3n) is 2.75. The summed E-state index contributed by atoms with van der Waals surface area (Å²) in [6.07, 6.45) is 1.20. The van der Waals surface area contributed by atoms with Gasteiger partial charge in [0, 0.05) is 6.07 Å². The van der Waals surface area contributed by atoms with Gasteiger partial charge in [0.05, 0.1) is 4.92 Å². The molecule has 0 bridgehead atoms. The van der Waals surface area contributed by atoms with E-state index in [1.807, 2.05) is 0 Å². The monoisotopic (exact) mass is 291 g/mol. The number of aromatic amines is 1. The number of hydrogen-bond acceptors (Lipinski definition) is 5. The quantitative estimate of drug-likeness (QED) is 0.439. The minimum Gasteiger partial charge on any atom is -0.290 e. The molecule has 0 atom stereocenters. The van der Waals surface area contributed by atoms with Gasteiger partial charge in [-0.3, -0.25) is 15.1 Å². The van der Waals surface area contributed by atoms with Crippen molar-refractivity contribution in [2.75, 3.05) is 0 Å². The Kier molecular flexibility index (Phi) is 2.72. The third kappa shape index (κ3) is 1.74. The maximum absolute atomic E-state index is 12.0. The van der Waals surface area contributed by atoms with E-state index < -0.39 is 10.6 Å². The summed E-state index contributed by atoms with van der Waals surface area (Å²) in [5.74, 6) is 0. The van der Waals surface area contributed by atoms with Gasteiger partial charge < -0.3 is 0 Å². The second-order valence-electron chi connectivity index (χ2n) is 3.87. The lowest BCUT2D eigenvalue weighted by Gasteiger charge is -2.04. The van der Waals surface area contributed by atoms with Crippen LogP contribution >= 0.6 is 11.6 Å². The maximum atomic E-state index is 12.0. The van der Waals surface area contributed by atoms with Crippen LogP contribution in [0, 0.1) is 10.1 Å². The summed E-state index contributed by atoms with van der Waals surface area (Å²) in [7, 11) is 0. The maximum Gasteiger partial charge on any atom is 0.332 e. The molecule has 3 rings (SSSR count). The lowest BCUT2D eigenvalue weighted by molar-refractivity contribution is -0.384. The fourth-order valence-electron chi connectivity index (χ4n) is 1.94. The molecule has 8 nitrogen and oxygen atoms in total. The van der Waals surface area contributed by atoms with Gasteiger partial charge >= 0.3 is 5.69 Å². The number of nitro groups is 1. The molecule has 0 aliphatic heterocycles. The van der Waals surface area contributed by atoms with E-state index in [-0.39, 0.29) is 27.7 Å². The normalized spacial score (nSPS) is 10.8. The number of aromatic nitrogens is 4. The average molecular weight is 292 g/mol. The smallest absolute Gasteiger partial charge is 0.290 e. The van der Waals surface area contributed by atoms with E-state index in [1.54, 1.807) is 6.07 Å². The van der Waals surface area contributed by atoms with Gasteiger partial charge in [-0.25, -0.2) is 19.3 Å². The number of nitrogens with one attached hydrogen (secondary N) is 1. The second kappa shape index (κ2) is 4.42. The van der Waals surface area contributed by atoms with E-state index in [0.29, 0.717) is 0 Å². The van der Waals surface area contributed by atoms with Crippen molar-refractivity contribution in [2.24, 2.45) is 0 Å². The Bertz CT molecular complexity index is 885. The molecule has 0 radical (unpaired) electrons. The Balaban J connectivity index is 2.45. The van der Waals surface area contributed by atoms with Crippen LogP contribution in [-0.2, 0) is 0 Å². The standard InChI is InChI=1S/C11H6ClN5O3/c12-9-8-10(14-5-13-9)15-11(18)16(8)6-3-1-2-4-7(6)17(19)20/h1-5H,(H,13,14,15,18). The molecule has 3 aromatic rings. The molecule has 9 heteroatoms. The van der Waals surface area contributed by atoms with Gasteiger partial charge in [0.1, 0.15) is 17.5 Å². The van der Waals surface area contributed by atoms with Gasteiger partial charge in [-0.15, -0.1) is 0 Å². The lowest BCUT2D eigenvalue weighted by Crippen LogP contribution is -2.16. The van der Waals surface area contributed by atoms with Gasteiger partial charge in [-0.2, -0.15) is 0 Å². The Hall–Kier alpha value is -2.74. The molecule has 0 saturated carbocycles. The molecule has 0 spiro atoms. The van der Waals surface area contributed by atoms with Crippen LogP contribution in [0.25, 0.3) is 16.9 Å². The molecular weight excluding hydrogens is 286 g/mol. The summed E-state index contributed by atoms with van der Waals surface area (Å²) in [6, 6.07) is 5.86. The van der Waals surface area contributed by atoms with Crippen molar-refractivity contribution < 1.29 is 4.92 Å². The van der Waals surface area contributed by atoms with E-state index in [2.05, 4.69) is 15.0 Å². The number of nitrogens with zero attached hydrogens (tertiary/aromatic N) is 4. The fourth-order valence-corrected chi connectivity index (χ4v) is 2.16. The lowest BCUT2D eigenvalue weighted by atomic mass is 10.2. The summed E-state index contributed by atoms with van der Waals surface area (Å²) in [4.78, 5) is 32.7. The van der Waals surface area contributed by atoms with Crippen LogP contribution in [0.15, 0.2) is 35.4 Å². The van der Waals surface area contributed by atoms with Crippen LogP contribution in [0.1, 0.15) is 0 Å². The second-order valence-corrected chi connectivity index (χ2v) is 4.23. The summed E-state index contributed by atoms with van der Waals surface area (Å²) >= 11 is 5.96. The van der Waals surface area contributed by atoms with Crippen LogP contribution in [0.2, 0.25) is 5.15 Å². The molecule has 2 aromatic heterocycles. The zero-order valence-corrected chi connectivity index (χ0v) is 10.5. The van der Waals surface area contributed by atoms with Crippen LogP contribution in [0.5, 0.6) is 0 Å². The minimum atomic E-state index is -0.572. The van der Waals surface area contributed by atoms with Crippen LogP contribution < -0.4 is 5.69 Å². The predicted molar refractivity (Wildman–Crippen MR) is 71.2 cm³/mol. The zero-order chi connectivity index (χ0) is 14.3. The van der Waals surface area contributed by atoms with Crippen molar-refractivity contribution in [2.45, 2.75) is 0 Å². The first kappa shape index (κ1) is 12.3. The number of H-pyrrole nitrogens is 1. The zero-order valence-electron chi connectivity index (χ0n) is 9.78. The highest BCUT2D eigenvalue weighted by Gasteiger charge is 2.20. The fraction of sp³-hybridized carbons (Fsp3) is 0. The van der Waals surface area contributed by atoms with Crippen LogP contribution in [-0.4, -0.2) is 24.4 Å².